The minimum absolute atomic E-state index is 0.335. The maximum atomic E-state index is 4.72. The third kappa shape index (κ3) is 3.18. The molecule has 116 valence electrons. The van der Waals surface area contributed by atoms with Gasteiger partial charge in [-0.05, 0) is 39.8 Å². The Balaban J connectivity index is 2.28. The van der Waals surface area contributed by atoms with Gasteiger partial charge >= 0.3 is 0 Å². The van der Waals surface area contributed by atoms with Crippen molar-refractivity contribution in [2.24, 2.45) is 7.05 Å². The predicted octanol–water partition coefficient (Wildman–Crippen LogP) is 2.51. The van der Waals surface area contributed by atoms with Crippen molar-refractivity contribution in [3.63, 3.8) is 0 Å². The van der Waals surface area contributed by atoms with Crippen LogP contribution < -0.4 is 5.32 Å². The molecule has 0 spiro atoms. The van der Waals surface area contributed by atoms with Crippen molar-refractivity contribution in [1.29, 1.82) is 0 Å². The summed E-state index contributed by atoms with van der Waals surface area (Å²) in [4.78, 5) is 0. The molecule has 0 aliphatic carbocycles. The second kappa shape index (κ2) is 6.43. The SMILES string of the molecule is CCNC(C)c1c(C)nn(Cc2cc(CC)nn2C)c1C. The van der Waals surface area contributed by atoms with E-state index in [0.29, 0.717) is 6.04 Å². The summed E-state index contributed by atoms with van der Waals surface area (Å²) in [6.45, 7) is 12.4. The zero-order valence-corrected chi connectivity index (χ0v) is 14.1. The van der Waals surface area contributed by atoms with E-state index in [4.69, 9.17) is 5.10 Å². The number of rotatable bonds is 6. The van der Waals surface area contributed by atoms with Gasteiger partial charge in [0.15, 0.2) is 0 Å². The van der Waals surface area contributed by atoms with Gasteiger partial charge in [0.1, 0.15) is 0 Å². The average molecular weight is 289 g/mol. The molecule has 21 heavy (non-hydrogen) atoms. The topological polar surface area (TPSA) is 47.7 Å². The molecule has 0 fully saturated rings. The van der Waals surface area contributed by atoms with E-state index in [0.717, 1.165) is 30.9 Å². The van der Waals surface area contributed by atoms with Gasteiger partial charge in [-0.15, -0.1) is 0 Å². The van der Waals surface area contributed by atoms with Crippen molar-refractivity contribution in [2.75, 3.05) is 6.54 Å². The minimum Gasteiger partial charge on any atom is -0.310 e. The lowest BCUT2D eigenvalue weighted by molar-refractivity contribution is 0.583. The van der Waals surface area contributed by atoms with Gasteiger partial charge in [-0.3, -0.25) is 9.36 Å². The van der Waals surface area contributed by atoms with Crippen LogP contribution in [0.2, 0.25) is 0 Å². The molecule has 0 bridgehead atoms. The zero-order chi connectivity index (χ0) is 15.6. The molecule has 0 amide bonds. The van der Waals surface area contributed by atoms with Gasteiger partial charge in [0.05, 0.1) is 23.6 Å². The fraction of sp³-hybridized carbons (Fsp3) is 0.625. The van der Waals surface area contributed by atoms with Crippen molar-refractivity contribution in [3.8, 4) is 0 Å². The van der Waals surface area contributed by atoms with Crippen LogP contribution in [0.25, 0.3) is 0 Å². The molecule has 2 aromatic heterocycles. The Morgan fingerprint density at radius 1 is 1.24 bits per heavy atom. The van der Waals surface area contributed by atoms with Crippen molar-refractivity contribution >= 4 is 0 Å². The van der Waals surface area contributed by atoms with Gasteiger partial charge in [-0.25, -0.2) is 0 Å². The Kier molecular flexibility index (Phi) is 4.83. The van der Waals surface area contributed by atoms with E-state index in [9.17, 15) is 0 Å². The first-order valence-electron chi connectivity index (χ1n) is 7.76. The van der Waals surface area contributed by atoms with Crippen molar-refractivity contribution in [2.45, 2.75) is 53.6 Å². The highest BCUT2D eigenvalue weighted by molar-refractivity contribution is 5.28. The van der Waals surface area contributed by atoms with E-state index in [1.165, 1.54) is 17.0 Å². The molecule has 0 saturated carbocycles. The molecule has 2 aromatic rings. The number of hydrogen-bond donors (Lipinski definition) is 1. The lowest BCUT2D eigenvalue weighted by Crippen LogP contribution is -2.19. The summed E-state index contributed by atoms with van der Waals surface area (Å²) >= 11 is 0. The first-order chi connectivity index (χ1) is 9.97. The van der Waals surface area contributed by atoms with E-state index in [1.807, 2.05) is 11.7 Å². The van der Waals surface area contributed by atoms with E-state index in [1.54, 1.807) is 0 Å². The Hall–Kier alpha value is -1.62. The third-order valence-electron chi connectivity index (χ3n) is 4.08. The molecule has 5 nitrogen and oxygen atoms in total. The van der Waals surface area contributed by atoms with E-state index >= 15 is 0 Å². The standard InChI is InChI=1S/C16H27N5/c1-7-14-9-15(20(6)19-14)10-21-13(5)16(12(4)18-21)11(3)17-8-2/h9,11,17H,7-8,10H2,1-6H3. The molecule has 0 aliphatic rings. The number of nitrogens with one attached hydrogen (secondary N) is 1. The van der Waals surface area contributed by atoms with Crippen molar-refractivity contribution in [1.82, 2.24) is 24.9 Å². The van der Waals surface area contributed by atoms with Crippen LogP contribution in [0.3, 0.4) is 0 Å². The van der Waals surface area contributed by atoms with E-state index in [-0.39, 0.29) is 0 Å². The van der Waals surface area contributed by atoms with Crippen molar-refractivity contribution < 1.29 is 0 Å². The number of hydrogen-bond acceptors (Lipinski definition) is 3. The Bertz CT molecular complexity index is 608. The first-order valence-corrected chi connectivity index (χ1v) is 7.76. The monoisotopic (exact) mass is 289 g/mol. The molecule has 0 radical (unpaired) electrons. The number of nitrogens with zero attached hydrogens (tertiary/aromatic N) is 4. The van der Waals surface area contributed by atoms with Crippen LogP contribution in [-0.4, -0.2) is 26.1 Å². The predicted molar refractivity (Wildman–Crippen MR) is 85.5 cm³/mol. The van der Waals surface area contributed by atoms with E-state index < -0.39 is 0 Å². The van der Waals surface area contributed by atoms with Crippen LogP contribution in [-0.2, 0) is 20.0 Å². The largest absolute Gasteiger partial charge is 0.310 e. The van der Waals surface area contributed by atoms with Gasteiger partial charge in [0, 0.05) is 24.3 Å². The van der Waals surface area contributed by atoms with Crippen molar-refractivity contribution in [3.05, 3.63) is 34.4 Å². The Labute approximate surface area is 127 Å². The Morgan fingerprint density at radius 3 is 2.52 bits per heavy atom. The lowest BCUT2D eigenvalue weighted by Gasteiger charge is -2.13. The summed E-state index contributed by atoms with van der Waals surface area (Å²) in [5.41, 5.74) is 5.99. The number of aromatic nitrogens is 4. The molecule has 5 heteroatoms. The minimum atomic E-state index is 0.335. The maximum absolute atomic E-state index is 4.72. The molecule has 0 saturated heterocycles. The fourth-order valence-corrected chi connectivity index (χ4v) is 2.95. The molecule has 1 atom stereocenters. The first kappa shape index (κ1) is 15.8. The summed E-state index contributed by atoms with van der Waals surface area (Å²) in [5, 5.41) is 12.7. The summed E-state index contributed by atoms with van der Waals surface area (Å²) < 4.78 is 4.05. The average Bonchev–Trinajstić information content (AvgIpc) is 2.91. The molecular formula is C16H27N5. The van der Waals surface area contributed by atoms with Gasteiger partial charge in [-0.1, -0.05) is 13.8 Å². The molecule has 1 N–H and O–H groups in total. The van der Waals surface area contributed by atoms with Crippen LogP contribution >= 0.6 is 0 Å². The summed E-state index contributed by atoms with van der Waals surface area (Å²) in [6, 6.07) is 2.51. The molecule has 1 unspecified atom stereocenters. The summed E-state index contributed by atoms with van der Waals surface area (Å²) in [6.07, 6.45) is 0.966. The highest BCUT2D eigenvalue weighted by atomic mass is 15.3. The van der Waals surface area contributed by atoms with Gasteiger partial charge in [0.2, 0.25) is 0 Å². The molecule has 2 heterocycles. The van der Waals surface area contributed by atoms with Crippen LogP contribution in [0.1, 0.15) is 55.2 Å². The molecule has 0 aromatic carbocycles. The number of aryl methyl sites for hydroxylation is 3. The van der Waals surface area contributed by atoms with Gasteiger partial charge in [0.25, 0.3) is 0 Å². The fourth-order valence-electron chi connectivity index (χ4n) is 2.95. The second-order valence-electron chi connectivity index (χ2n) is 5.63. The van der Waals surface area contributed by atoms with Gasteiger partial charge in [-0.2, -0.15) is 10.2 Å². The summed E-state index contributed by atoms with van der Waals surface area (Å²) in [7, 11) is 2.00. The quantitative estimate of drug-likeness (QED) is 0.889. The van der Waals surface area contributed by atoms with Crippen LogP contribution in [0.4, 0.5) is 0 Å². The van der Waals surface area contributed by atoms with Crippen LogP contribution in [0.5, 0.6) is 0 Å². The third-order valence-corrected chi connectivity index (χ3v) is 4.08. The normalized spacial score (nSPS) is 12.9. The molecular weight excluding hydrogens is 262 g/mol. The van der Waals surface area contributed by atoms with Gasteiger partial charge < -0.3 is 5.32 Å². The second-order valence-corrected chi connectivity index (χ2v) is 5.63. The smallest absolute Gasteiger partial charge is 0.0831 e. The molecule has 2 rings (SSSR count). The summed E-state index contributed by atoms with van der Waals surface area (Å²) in [5.74, 6) is 0. The zero-order valence-electron chi connectivity index (χ0n) is 14.1. The lowest BCUT2D eigenvalue weighted by atomic mass is 10.1. The van der Waals surface area contributed by atoms with Crippen LogP contribution in [0.15, 0.2) is 6.07 Å². The highest BCUT2D eigenvalue weighted by Gasteiger charge is 2.17. The Morgan fingerprint density at radius 2 is 1.95 bits per heavy atom. The highest BCUT2D eigenvalue weighted by Crippen LogP contribution is 2.22. The maximum Gasteiger partial charge on any atom is 0.0831 e. The molecule has 0 aliphatic heterocycles. The van der Waals surface area contributed by atoms with E-state index in [2.05, 4.69) is 55.8 Å². The van der Waals surface area contributed by atoms with Crippen LogP contribution in [0, 0.1) is 13.8 Å².